The highest BCUT2D eigenvalue weighted by Crippen LogP contribution is 2.70. The summed E-state index contributed by atoms with van der Waals surface area (Å²) in [5.74, 6) is 9.11. The third kappa shape index (κ3) is 2.26. The van der Waals surface area contributed by atoms with Crippen molar-refractivity contribution < 1.29 is 9.59 Å². The largest absolute Gasteiger partial charge is 0.299 e. The van der Waals surface area contributed by atoms with Gasteiger partial charge in [0.1, 0.15) is 11.6 Å². The Morgan fingerprint density at radius 1 is 0.421 bits per heavy atom. The van der Waals surface area contributed by atoms with Gasteiger partial charge in [-0.25, -0.2) is 0 Å². The van der Waals surface area contributed by atoms with Gasteiger partial charge in [0.15, 0.2) is 0 Å². The molecule has 0 radical (unpaired) electrons. The number of Topliss-reactive ketones (excluding diaryl/α,β-unsaturated/α-hetero) is 2. The summed E-state index contributed by atoms with van der Waals surface area (Å²) in [4.78, 5) is 35.3. The van der Waals surface area contributed by atoms with Gasteiger partial charge in [-0.1, -0.05) is 38.5 Å². The van der Waals surface area contributed by atoms with E-state index in [9.17, 15) is 9.59 Å². The molecule has 0 spiro atoms. The fourth-order valence-corrected chi connectivity index (χ4v) is 15.8. The number of hydrogen-bond acceptors (Lipinski definition) is 4. The lowest BCUT2D eigenvalue weighted by Gasteiger charge is -2.80. The zero-order valence-electron chi connectivity index (χ0n) is 23.0. The summed E-state index contributed by atoms with van der Waals surface area (Å²) in [6.45, 7) is 0. The van der Waals surface area contributed by atoms with Gasteiger partial charge in [0.25, 0.3) is 0 Å². The van der Waals surface area contributed by atoms with E-state index < -0.39 is 0 Å². The van der Waals surface area contributed by atoms with Crippen molar-refractivity contribution in [2.75, 3.05) is 0 Å². The molecule has 11 fully saturated rings. The normalized spacial score (nSPS) is 64.8. The van der Waals surface area contributed by atoms with Crippen LogP contribution in [0.5, 0.6) is 0 Å². The number of nitrogens with zero attached hydrogens (tertiary/aromatic N) is 2. The van der Waals surface area contributed by atoms with Crippen molar-refractivity contribution in [1.29, 1.82) is 0 Å². The topological polar surface area (TPSA) is 40.6 Å². The third-order valence-corrected chi connectivity index (χ3v) is 16.2. The van der Waals surface area contributed by atoms with Gasteiger partial charge in [-0.05, 0) is 98.7 Å². The Bertz CT molecular complexity index is 1040. The Morgan fingerprint density at radius 3 is 1.42 bits per heavy atom. The number of carbonyl (C=O) groups is 2. The van der Waals surface area contributed by atoms with Crippen LogP contribution in [0.25, 0.3) is 0 Å². The number of piperazine rings is 1. The maximum Gasteiger partial charge on any atom is 0.142 e. The molecule has 16 unspecified atom stereocenters. The molecular formula is C34H46N2O2. The highest BCUT2D eigenvalue weighted by molar-refractivity contribution is 5.91. The van der Waals surface area contributed by atoms with Gasteiger partial charge in [-0.3, -0.25) is 19.4 Å². The van der Waals surface area contributed by atoms with Gasteiger partial charge < -0.3 is 0 Å². The number of ketones is 2. The monoisotopic (exact) mass is 514 g/mol. The Morgan fingerprint density at radius 2 is 0.868 bits per heavy atom. The second-order valence-electron chi connectivity index (χ2n) is 16.6. The molecule has 6 saturated carbocycles. The van der Waals surface area contributed by atoms with Crippen molar-refractivity contribution in [3.05, 3.63) is 0 Å². The van der Waals surface area contributed by atoms with Crippen molar-refractivity contribution in [2.45, 2.75) is 126 Å². The van der Waals surface area contributed by atoms with Crippen LogP contribution in [-0.2, 0) is 9.59 Å². The molecular weight excluding hydrogens is 468 g/mol. The molecule has 6 aliphatic carbocycles. The van der Waals surface area contributed by atoms with Crippen molar-refractivity contribution in [3.8, 4) is 0 Å². The van der Waals surface area contributed by atoms with E-state index in [0.29, 0.717) is 35.7 Å². The van der Waals surface area contributed by atoms with E-state index in [2.05, 4.69) is 9.80 Å². The summed E-state index contributed by atoms with van der Waals surface area (Å²) in [5, 5.41) is 0. The quantitative estimate of drug-likeness (QED) is 0.459. The molecule has 204 valence electrons. The second-order valence-corrected chi connectivity index (χ2v) is 16.6. The first-order valence-corrected chi connectivity index (χ1v) is 17.3. The lowest BCUT2D eigenvalue weighted by atomic mass is 9.41. The van der Waals surface area contributed by atoms with E-state index in [0.717, 1.165) is 72.6 Å². The Labute approximate surface area is 228 Å². The van der Waals surface area contributed by atoms with Crippen LogP contribution in [0, 0.1) is 71.0 Å². The number of carbonyl (C=O) groups excluding carboxylic acids is 2. The minimum atomic E-state index is 0.171. The molecule has 0 aromatic carbocycles. The molecule has 0 aromatic rings. The zero-order chi connectivity index (χ0) is 24.6. The molecule has 11 rings (SSSR count). The number of fused-ring (bicyclic) bond motifs is 2. The summed E-state index contributed by atoms with van der Waals surface area (Å²) in [6, 6.07) is 3.22. The van der Waals surface area contributed by atoms with E-state index in [1.807, 2.05) is 0 Å². The molecule has 4 heteroatoms. The summed E-state index contributed by atoms with van der Waals surface area (Å²) in [6.07, 6.45) is 18.7. The van der Waals surface area contributed by atoms with Gasteiger partial charge in [-0.15, -0.1) is 0 Å². The highest BCUT2D eigenvalue weighted by atomic mass is 16.1. The molecule has 5 saturated heterocycles. The van der Waals surface area contributed by atoms with E-state index in [1.54, 1.807) is 0 Å². The lowest BCUT2D eigenvalue weighted by Crippen LogP contribution is -2.90. The molecule has 4 nitrogen and oxygen atoms in total. The Hall–Kier alpha value is -0.740. The Kier molecular flexibility index (Phi) is 4.14. The lowest BCUT2D eigenvalue weighted by molar-refractivity contribution is -0.301. The molecule has 0 bridgehead atoms. The summed E-state index contributed by atoms with van der Waals surface area (Å²) in [7, 11) is 0. The Balaban J connectivity index is 1.18. The van der Waals surface area contributed by atoms with Crippen LogP contribution in [0.4, 0.5) is 0 Å². The van der Waals surface area contributed by atoms with Crippen molar-refractivity contribution in [1.82, 2.24) is 9.80 Å². The smallest absolute Gasteiger partial charge is 0.142 e. The fourth-order valence-electron chi connectivity index (χ4n) is 15.8. The average Bonchev–Trinajstić information content (AvgIpc) is 2.96. The molecule has 11 aliphatic rings. The van der Waals surface area contributed by atoms with Gasteiger partial charge in [-0.2, -0.15) is 0 Å². The van der Waals surface area contributed by atoms with Crippen LogP contribution in [0.1, 0.15) is 89.9 Å². The zero-order valence-corrected chi connectivity index (χ0v) is 23.0. The molecule has 5 aliphatic heterocycles. The van der Waals surface area contributed by atoms with E-state index >= 15 is 0 Å². The number of rotatable bonds is 0. The molecule has 0 aromatic heterocycles. The van der Waals surface area contributed by atoms with Crippen LogP contribution < -0.4 is 0 Å². The molecule has 38 heavy (non-hydrogen) atoms. The molecule has 0 N–H and O–H groups in total. The third-order valence-electron chi connectivity index (χ3n) is 16.2. The predicted molar refractivity (Wildman–Crippen MR) is 143 cm³/mol. The second kappa shape index (κ2) is 7.18. The first-order valence-electron chi connectivity index (χ1n) is 17.3. The predicted octanol–water partition coefficient (Wildman–Crippen LogP) is 4.95. The van der Waals surface area contributed by atoms with Gasteiger partial charge in [0.05, 0.1) is 0 Å². The van der Waals surface area contributed by atoms with Crippen LogP contribution in [0.15, 0.2) is 0 Å². The summed E-state index contributed by atoms with van der Waals surface area (Å²) >= 11 is 0. The minimum Gasteiger partial charge on any atom is -0.299 e. The number of piperidine rings is 4. The first kappa shape index (κ1) is 21.9. The van der Waals surface area contributed by atoms with Gasteiger partial charge >= 0.3 is 0 Å². The standard InChI is InChI=1S/C34H46N2O2/c37-33-21-11-4-12-22-28(21)35-29-23(33)13-15-5-1-7-17-19-9-3-10-20-18-8-2-6-16-14-24(34(22)38)30(35)32(26(16)18)36(27(19)20)31(29)25(15)17/h15-32H,1-14H2. The summed E-state index contributed by atoms with van der Waals surface area (Å²) in [5.41, 5.74) is 0. The highest BCUT2D eigenvalue weighted by Gasteiger charge is 2.76. The van der Waals surface area contributed by atoms with E-state index in [4.69, 9.17) is 0 Å². The summed E-state index contributed by atoms with van der Waals surface area (Å²) < 4.78 is 0. The molecule has 0 amide bonds. The van der Waals surface area contributed by atoms with Gasteiger partial charge in [0.2, 0.25) is 0 Å². The van der Waals surface area contributed by atoms with Crippen LogP contribution >= 0.6 is 0 Å². The maximum absolute atomic E-state index is 14.5. The molecule has 16 atom stereocenters. The van der Waals surface area contributed by atoms with E-state index in [-0.39, 0.29) is 29.7 Å². The van der Waals surface area contributed by atoms with Crippen LogP contribution in [0.3, 0.4) is 0 Å². The maximum atomic E-state index is 14.5. The van der Waals surface area contributed by atoms with Gasteiger partial charge in [0, 0.05) is 59.9 Å². The first-order chi connectivity index (χ1) is 18.7. The van der Waals surface area contributed by atoms with Crippen molar-refractivity contribution in [2.24, 2.45) is 71.0 Å². The average molecular weight is 515 g/mol. The molecule has 5 heterocycles. The fraction of sp³-hybridized carbons (Fsp3) is 0.941. The SMILES string of the molecule is O=C1C2CCCC3C(=O)C4CC5CCCC6C7CCCC8C9CCCC%10CC1C1C(C%109)N(C87)C(C56)C4N1C23. The van der Waals surface area contributed by atoms with Crippen LogP contribution in [-0.4, -0.2) is 57.6 Å². The minimum absolute atomic E-state index is 0.171. The van der Waals surface area contributed by atoms with Crippen molar-refractivity contribution >= 4 is 11.6 Å². The van der Waals surface area contributed by atoms with Crippen molar-refractivity contribution in [3.63, 3.8) is 0 Å². The van der Waals surface area contributed by atoms with Crippen LogP contribution in [0.2, 0.25) is 0 Å². The van der Waals surface area contributed by atoms with E-state index in [1.165, 1.54) is 70.6 Å². The number of hydrogen-bond donors (Lipinski definition) is 0.